The average Bonchev–Trinajstić information content (AvgIpc) is 2.97. The van der Waals surface area contributed by atoms with Gasteiger partial charge in [0.2, 0.25) is 11.7 Å². The van der Waals surface area contributed by atoms with E-state index in [1.54, 1.807) is 24.3 Å². The molecule has 0 aliphatic rings. The van der Waals surface area contributed by atoms with Gasteiger partial charge in [0.15, 0.2) is 0 Å². The molecule has 3 aromatic rings. The first-order valence-electron chi connectivity index (χ1n) is 6.29. The molecular weight excluding hydrogens is 273 g/mol. The van der Waals surface area contributed by atoms with E-state index in [4.69, 9.17) is 9.26 Å². The Bertz CT molecular complexity index is 786. The molecule has 0 amide bonds. The topological polar surface area (TPSA) is 61.0 Å². The summed E-state index contributed by atoms with van der Waals surface area (Å²) >= 11 is 0. The van der Waals surface area contributed by atoms with Crippen LogP contribution in [0.3, 0.4) is 0 Å². The lowest BCUT2D eigenvalue weighted by molar-refractivity contribution is 0.397. The monoisotopic (exact) mass is 285 g/mol. The van der Waals surface area contributed by atoms with Crippen LogP contribution in [-0.4, -0.2) is 22.2 Å². The van der Waals surface area contributed by atoms with E-state index in [9.17, 15) is 4.39 Å². The van der Waals surface area contributed by atoms with Crippen LogP contribution in [0, 0.1) is 12.7 Å². The van der Waals surface area contributed by atoms with E-state index < -0.39 is 5.82 Å². The van der Waals surface area contributed by atoms with Crippen LogP contribution in [0.1, 0.15) is 5.69 Å². The van der Waals surface area contributed by atoms with Crippen molar-refractivity contribution in [3.05, 3.63) is 47.9 Å². The highest BCUT2D eigenvalue weighted by atomic mass is 19.1. The molecule has 1 aromatic carbocycles. The zero-order chi connectivity index (χ0) is 14.8. The molecule has 5 nitrogen and oxygen atoms in total. The molecular formula is C15H12FN3O2. The first-order chi connectivity index (χ1) is 10.2. The second-order valence-electron chi connectivity index (χ2n) is 4.41. The number of methoxy groups -OCH3 is 1. The summed E-state index contributed by atoms with van der Waals surface area (Å²) < 4.78 is 24.1. The maximum atomic E-state index is 13.7. The van der Waals surface area contributed by atoms with Crippen LogP contribution in [-0.2, 0) is 0 Å². The predicted octanol–water partition coefficient (Wildman–Crippen LogP) is 3.25. The maximum Gasteiger partial charge on any atom is 0.261 e. The number of halogens is 1. The molecule has 0 atom stereocenters. The molecule has 0 aliphatic carbocycles. The Morgan fingerprint density at radius 1 is 1.05 bits per heavy atom. The van der Waals surface area contributed by atoms with E-state index in [-0.39, 0.29) is 11.5 Å². The number of hydrogen-bond donors (Lipinski definition) is 0. The van der Waals surface area contributed by atoms with Crippen molar-refractivity contribution < 1.29 is 13.7 Å². The number of aromatic nitrogens is 3. The van der Waals surface area contributed by atoms with E-state index in [1.165, 1.54) is 13.2 Å². The van der Waals surface area contributed by atoms with E-state index in [0.29, 0.717) is 17.3 Å². The zero-order valence-corrected chi connectivity index (χ0v) is 11.5. The molecule has 21 heavy (non-hydrogen) atoms. The van der Waals surface area contributed by atoms with Crippen molar-refractivity contribution >= 4 is 0 Å². The first-order valence-corrected chi connectivity index (χ1v) is 6.29. The Labute approximate surface area is 120 Å². The number of pyridine rings is 1. The van der Waals surface area contributed by atoms with Crippen molar-refractivity contribution in [1.82, 2.24) is 15.1 Å². The molecule has 2 heterocycles. The molecule has 0 N–H and O–H groups in total. The fraction of sp³-hybridized carbons (Fsp3) is 0.133. The molecule has 3 rings (SSSR count). The Hall–Kier alpha value is -2.76. The zero-order valence-electron chi connectivity index (χ0n) is 11.5. The molecule has 0 saturated heterocycles. The van der Waals surface area contributed by atoms with Gasteiger partial charge in [0.25, 0.3) is 5.89 Å². The molecule has 0 spiro atoms. The Balaban J connectivity index is 2.05. The smallest absolute Gasteiger partial charge is 0.261 e. The molecule has 2 aromatic heterocycles. The SMILES string of the molecule is COc1nc(C)ccc1-c1noc(-c2ccccc2F)n1. The minimum Gasteiger partial charge on any atom is -0.480 e. The lowest BCUT2D eigenvalue weighted by atomic mass is 10.2. The van der Waals surface area contributed by atoms with Crippen LogP contribution in [0.5, 0.6) is 5.88 Å². The summed E-state index contributed by atoms with van der Waals surface area (Å²) in [5.74, 6) is 0.404. The third-order valence-corrected chi connectivity index (χ3v) is 2.96. The summed E-state index contributed by atoms with van der Waals surface area (Å²) in [6.45, 7) is 1.85. The van der Waals surface area contributed by atoms with Crippen LogP contribution in [0.2, 0.25) is 0 Å². The second kappa shape index (κ2) is 5.32. The van der Waals surface area contributed by atoms with E-state index in [0.717, 1.165) is 5.69 Å². The third-order valence-electron chi connectivity index (χ3n) is 2.96. The lowest BCUT2D eigenvalue weighted by Gasteiger charge is -2.04. The van der Waals surface area contributed by atoms with Crippen molar-refractivity contribution in [1.29, 1.82) is 0 Å². The lowest BCUT2D eigenvalue weighted by Crippen LogP contribution is -1.94. The highest BCUT2D eigenvalue weighted by molar-refractivity contribution is 5.64. The molecule has 0 radical (unpaired) electrons. The summed E-state index contributed by atoms with van der Waals surface area (Å²) in [4.78, 5) is 8.46. The first kappa shape index (κ1) is 13.2. The van der Waals surface area contributed by atoms with Gasteiger partial charge in [-0.2, -0.15) is 4.98 Å². The highest BCUT2D eigenvalue weighted by Gasteiger charge is 2.17. The van der Waals surface area contributed by atoms with Gasteiger partial charge in [-0.1, -0.05) is 17.3 Å². The van der Waals surface area contributed by atoms with Gasteiger partial charge in [0.05, 0.1) is 18.2 Å². The Kier molecular flexibility index (Phi) is 3.35. The molecule has 6 heteroatoms. The number of rotatable bonds is 3. The van der Waals surface area contributed by atoms with Crippen molar-refractivity contribution in [3.8, 4) is 28.7 Å². The summed E-state index contributed by atoms with van der Waals surface area (Å²) in [5, 5.41) is 3.87. The number of benzene rings is 1. The van der Waals surface area contributed by atoms with Gasteiger partial charge in [-0.25, -0.2) is 9.37 Å². The van der Waals surface area contributed by atoms with Gasteiger partial charge >= 0.3 is 0 Å². The van der Waals surface area contributed by atoms with Crippen molar-refractivity contribution in [2.24, 2.45) is 0 Å². The molecule has 106 valence electrons. The average molecular weight is 285 g/mol. The number of hydrogen-bond acceptors (Lipinski definition) is 5. The second-order valence-corrected chi connectivity index (χ2v) is 4.41. The van der Waals surface area contributed by atoms with Crippen LogP contribution >= 0.6 is 0 Å². The van der Waals surface area contributed by atoms with Crippen LogP contribution in [0.4, 0.5) is 4.39 Å². The quantitative estimate of drug-likeness (QED) is 0.739. The van der Waals surface area contributed by atoms with Crippen LogP contribution in [0.15, 0.2) is 40.9 Å². The van der Waals surface area contributed by atoms with Crippen molar-refractivity contribution in [2.45, 2.75) is 6.92 Å². The number of nitrogens with zero attached hydrogens (tertiary/aromatic N) is 3. The van der Waals surface area contributed by atoms with Crippen LogP contribution < -0.4 is 4.74 Å². The fourth-order valence-corrected chi connectivity index (χ4v) is 1.94. The van der Waals surface area contributed by atoms with E-state index >= 15 is 0 Å². The summed E-state index contributed by atoms with van der Waals surface area (Å²) in [6, 6.07) is 9.83. The van der Waals surface area contributed by atoms with Gasteiger partial charge < -0.3 is 9.26 Å². The van der Waals surface area contributed by atoms with Gasteiger partial charge in [-0.15, -0.1) is 0 Å². The van der Waals surface area contributed by atoms with Gasteiger partial charge in [-0.3, -0.25) is 0 Å². The maximum absolute atomic E-state index is 13.7. The van der Waals surface area contributed by atoms with Crippen LogP contribution in [0.25, 0.3) is 22.8 Å². The van der Waals surface area contributed by atoms with Gasteiger partial charge in [0.1, 0.15) is 5.82 Å². The standard InChI is InChI=1S/C15H12FN3O2/c1-9-7-8-11(14(17-9)20-2)13-18-15(21-19-13)10-5-3-4-6-12(10)16/h3-8H,1-2H3. The number of aryl methyl sites for hydroxylation is 1. The molecule has 0 bridgehead atoms. The summed E-state index contributed by atoms with van der Waals surface area (Å²) in [7, 11) is 1.52. The normalized spacial score (nSPS) is 10.6. The van der Waals surface area contributed by atoms with Crippen molar-refractivity contribution in [2.75, 3.05) is 7.11 Å². The van der Waals surface area contributed by atoms with Gasteiger partial charge in [0, 0.05) is 5.69 Å². The highest BCUT2D eigenvalue weighted by Crippen LogP contribution is 2.28. The van der Waals surface area contributed by atoms with Crippen molar-refractivity contribution in [3.63, 3.8) is 0 Å². The largest absolute Gasteiger partial charge is 0.480 e. The minimum atomic E-state index is -0.415. The molecule has 0 fully saturated rings. The molecule has 0 unspecified atom stereocenters. The van der Waals surface area contributed by atoms with Gasteiger partial charge in [-0.05, 0) is 31.2 Å². The van der Waals surface area contributed by atoms with E-state index in [2.05, 4.69) is 15.1 Å². The Morgan fingerprint density at radius 2 is 1.86 bits per heavy atom. The molecule has 0 saturated carbocycles. The summed E-state index contributed by atoms with van der Waals surface area (Å²) in [5.41, 5.74) is 1.66. The molecule has 0 aliphatic heterocycles. The predicted molar refractivity (Wildman–Crippen MR) is 74.2 cm³/mol. The Morgan fingerprint density at radius 3 is 2.62 bits per heavy atom. The summed E-state index contributed by atoms with van der Waals surface area (Å²) in [6.07, 6.45) is 0. The fourth-order valence-electron chi connectivity index (χ4n) is 1.94. The third kappa shape index (κ3) is 2.47. The minimum absolute atomic E-state index is 0.116. The number of ether oxygens (including phenoxy) is 1. The van der Waals surface area contributed by atoms with E-state index in [1.807, 2.05) is 13.0 Å².